The van der Waals surface area contributed by atoms with Crippen molar-refractivity contribution in [1.29, 1.82) is 0 Å². The third-order valence-corrected chi connectivity index (χ3v) is 5.40. The molecule has 1 unspecified atom stereocenters. The average molecular weight is 422 g/mol. The Balaban J connectivity index is 2.00. The Labute approximate surface area is 179 Å². The van der Waals surface area contributed by atoms with Crippen LogP contribution < -0.4 is 19.5 Å². The summed E-state index contributed by atoms with van der Waals surface area (Å²) >= 11 is 0. The number of fused-ring (bicyclic) bond motifs is 1. The van der Waals surface area contributed by atoms with Gasteiger partial charge in [-0.1, -0.05) is 12.1 Å². The number of carboxylic acid groups (broad SMARTS) is 1. The smallest absolute Gasteiger partial charge is 0.339 e. The summed E-state index contributed by atoms with van der Waals surface area (Å²) in [6.07, 6.45) is 1.67. The normalized spacial score (nSPS) is 15.1. The number of rotatable bonds is 6. The Morgan fingerprint density at radius 3 is 2.48 bits per heavy atom. The molecule has 2 N–H and O–H groups in total. The zero-order chi connectivity index (χ0) is 22.1. The molecule has 8 heteroatoms. The summed E-state index contributed by atoms with van der Waals surface area (Å²) in [7, 11) is 4.67. The summed E-state index contributed by atoms with van der Waals surface area (Å²) in [4.78, 5) is 24.5. The Kier molecular flexibility index (Phi) is 5.29. The van der Waals surface area contributed by atoms with Crippen molar-refractivity contribution in [1.82, 2.24) is 4.57 Å². The van der Waals surface area contributed by atoms with Gasteiger partial charge in [0.2, 0.25) is 5.91 Å². The molecular formula is C23H22N2O6. The number of hydrogen-bond acceptors (Lipinski definition) is 5. The molecule has 31 heavy (non-hydrogen) atoms. The number of nitrogens with zero attached hydrogens (tertiary/aromatic N) is 1. The minimum Gasteiger partial charge on any atom is -0.497 e. The maximum Gasteiger partial charge on any atom is 0.339 e. The number of aromatic nitrogens is 1. The summed E-state index contributed by atoms with van der Waals surface area (Å²) in [5.41, 5.74) is 2.38. The number of amides is 1. The van der Waals surface area contributed by atoms with Gasteiger partial charge in [0.1, 0.15) is 22.8 Å². The molecule has 8 nitrogen and oxygen atoms in total. The number of carboxylic acids is 1. The number of methoxy groups -OCH3 is 3. The Hall–Kier alpha value is -3.94. The van der Waals surface area contributed by atoms with Crippen LogP contribution in [0.4, 0.5) is 5.69 Å². The molecule has 0 saturated heterocycles. The number of carbonyl (C=O) groups excluding carboxylic acids is 1. The van der Waals surface area contributed by atoms with Gasteiger partial charge in [-0.15, -0.1) is 0 Å². The lowest BCUT2D eigenvalue weighted by Gasteiger charge is -2.27. The summed E-state index contributed by atoms with van der Waals surface area (Å²) in [6.45, 7) is 0. The molecule has 0 radical (unpaired) electrons. The number of ether oxygens (including phenoxy) is 3. The first kappa shape index (κ1) is 20.3. The second kappa shape index (κ2) is 8.06. The number of nitrogens with one attached hydrogen (secondary N) is 1. The molecule has 1 aliphatic heterocycles. The van der Waals surface area contributed by atoms with Crippen LogP contribution in [0, 0.1) is 0 Å². The van der Waals surface area contributed by atoms with E-state index in [1.807, 2.05) is 24.3 Å². The molecule has 0 aliphatic carbocycles. The Bertz CT molecular complexity index is 1170. The van der Waals surface area contributed by atoms with Crippen LogP contribution >= 0.6 is 0 Å². The molecule has 1 atom stereocenters. The Morgan fingerprint density at radius 2 is 1.81 bits per heavy atom. The van der Waals surface area contributed by atoms with E-state index in [2.05, 4.69) is 5.32 Å². The topological polar surface area (TPSA) is 99.0 Å². The van der Waals surface area contributed by atoms with Crippen molar-refractivity contribution in [2.45, 2.75) is 12.3 Å². The van der Waals surface area contributed by atoms with Gasteiger partial charge in [0.25, 0.3) is 0 Å². The van der Waals surface area contributed by atoms with Crippen LogP contribution in [-0.4, -0.2) is 42.9 Å². The fourth-order valence-electron chi connectivity index (χ4n) is 3.95. The molecule has 1 aliphatic rings. The highest BCUT2D eigenvalue weighted by Gasteiger charge is 2.35. The number of hydrogen-bond donors (Lipinski definition) is 2. The number of aromatic carboxylic acids is 1. The largest absolute Gasteiger partial charge is 0.497 e. The third-order valence-electron chi connectivity index (χ3n) is 5.40. The molecule has 1 amide bonds. The van der Waals surface area contributed by atoms with Crippen molar-refractivity contribution in [3.63, 3.8) is 0 Å². The summed E-state index contributed by atoms with van der Waals surface area (Å²) in [6, 6.07) is 12.7. The van der Waals surface area contributed by atoms with E-state index in [4.69, 9.17) is 14.2 Å². The maximum absolute atomic E-state index is 12.5. The second-order valence-corrected chi connectivity index (χ2v) is 7.10. The molecular weight excluding hydrogens is 400 g/mol. The van der Waals surface area contributed by atoms with Gasteiger partial charge < -0.3 is 29.2 Å². The molecule has 160 valence electrons. The first-order valence-corrected chi connectivity index (χ1v) is 9.61. The molecule has 0 bridgehead atoms. The van der Waals surface area contributed by atoms with E-state index in [9.17, 15) is 14.7 Å². The van der Waals surface area contributed by atoms with Gasteiger partial charge >= 0.3 is 5.97 Å². The van der Waals surface area contributed by atoms with Crippen LogP contribution in [0.25, 0.3) is 5.69 Å². The number of carbonyl (C=O) groups is 2. The Morgan fingerprint density at radius 1 is 1.06 bits per heavy atom. The van der Waals surface area contributed by atoms with Crippen molar-refractivity contribution in [2.75, 3.05) is 26.6 Å². The molecule has 2 heterocycles. The second-order valence-electron chi connectivity index (χ2n) is 7.10. The van der Waals surface area contributed by atoms with Crippen LogP contribution in [0.3, 0.4) is 0 Å². The highest BCUT2D eigenvalue weighted by molar-refractivity contribution is 6.04. The maximum atomic E-state index is 12.5. The molecule has 3 aromatic rings. The van der Waals surface area contributed by atoms with Gasteiger partial charge in [0.05, 0.1) is 38.4 Å². The van der Waals surface area contributed by atoms with E-state index in [-0.39, 0.29) is 29.5 Å². The lowest BCUT2D eigenvalue weighted by molar-refractivity contribution is -0.116. The third kappa shape index (κ3) is 3.56. The van der Waals surface area contributed by atoms with Crippen molar-refractivity contribution < 1.29 is 28.9 Å². The van der Waals surface area contributed by atoms with Crippen molar-refractivity contribution in [2.24, 2.45) is 0 Å². The zero-order valence-electron chi connectivity index (χ0n) is 17.3. The fourth-order valence-corrected chi connectivity index (χ4v) is 3.95. The molecule has 2 aromatic carbocycles. The average Bonchev–Trinajstić information content (AvgIpc) is 3.17. The van der Waals surface area contributed by atoms with E-state index in [1.54, 1.807) is 44.1 Å². The van der Waals surface area contributed by atoms with Crippen LogP contribution in [0.2, 0.25) is 0 Å². The van der Waals surface area contributed by atoms with Gasteiger partial charge in [-0.3, -0.25) is 4.79 Å². The van der Waals surface area contributed by atoms with E-state index < -0.39 is 5.97 Å². The number of anilines is 1. The van der Waals surface area contributed by atoms with Gasteiger partial charge in [0.15, 0.2) is 0 Å². The molecule has 4 rings (SSSR count). The molecule has 0 saturated carbocycles. The SMILES string of the molecule is COc1cccc(C2CC(=O)Nc3c(C(=O)O)cn(-c4cc(OC)ccc4OC)c32)c1. The first-order valence-electron chi connectivity index (χ1n) is 9.61. The predicted molar refractivity (Wildman–Crippen MR) is 114 cm³/mol. The highest BCUT2D eigenvalue weighted by Crippen LogP contribution is 2.43. The predicted octanol–water partition coefficient (Wildman–Crippen LogP) is 3.68. The first-order chi connectivity index (χ1) is 15.0. The summed E-state index contributed by atoms with van der Waals surface area (Å²) < 4.78 is 18.0. The standard InChI is InChI=1S/C23H22N2O6/c1-29-14-6-4-5-13(9-14)16-11-20(26)24-21-17(23(27)28)12-25(22(16)21)18-10-15(30-2)7-8-19(18)31-3/h4-10,12,16H,11H2,1-3H3,(H,24,26)(H,27,28). The highest BCUT2D eigenvalue weighted by atomic mass is 16.5. The number of benzene rings is 2. The van der Waals surface area contributed by atoms with Crippen molar-refractivity contribution >= 4 is 17.6 Å². The van der Waals surface area contributed by atoms with E-state index in [0.717, 1.165) is 5.56 Å². The van der Waals surface area contributed by atoms with Crippen LogP contribution in [0.5, 0.6) is 17.2 Å². The quantitative estimate of drug-likeness (QED) is 0.629. The van der Waals surface area contributed by atoms with Crippen LogP contribution in [0.1, 0.15) is 34.0 Å². The van der Waals surface area contributed by atoms with E-state index >= 15 is 0 Å². The van der Waals surface area contributed by atoms with Gasteiger partial charge in [-0.25, -0.2) is 4.79 Å². The van der Waals surface area contributed by atoms with Crippen molar-refractivity contribution in [3.05, 3.63) is 65.5 Å². The lowest BCUT2D eigenvalue weighted by atomic mass is 9.88. The van der Waals surface area contributed by atoms with Gasteiger partial charge in [-0.05, 0) is 29.8 Å². The van der Waals surface area contributed by atoms with E-state index in [1.165, 1.54) is 6.20 Å². The minimum atomic E-state index is -1.14. The van der Waals surface area contributed by atoms with Gasteiger partial charge in [0, 0.05) is 24.6 Å². The lowest BCUT2D eigenvalue weighted by Crippen LogP contribution is -2.25. The van der Waals surface area contributed by atoms with Crippen LogP contribution in [-0.2, 0) is 4.79 Å². The zero-order valence-corrected chi connectivity index (χ0v) is 17.3. The van der Waals surface area contributed by atoms with Crippen LogP contribution in [0.15, 0.2) is 48.7 Å². The molecule has 0 spiro atoms. The monoisotopic (exact) mass is 422 g/mol. The minimum absolute atomic E-state index is 0.000758. The fraction of sp³-hybridized carbons (Fsp3) is 0.217. The molecule has 1 aromatic heterocycles. The van der Waals surface area contributed by atoms with Crippen molar-refractivity contribution in [3.8, 4) is 22.9 Å². The van der Waals surface area contributed by atoms with Gasteiger partial charge in [-0.2, -0.15) is 0 Å². The molecule has 0 fully saturated rings. The van der Waals surface area contributed by atoms with E-state index in [0.29, 0.717) is 28.6 Å². The summed E-state index contributed by atoms with van der Waals surface area (Å²) in [5, 5.41) is 12.6. The summed E-state index contributed by atoms with van der Waals surface area (Å²) in [5.74, 6) is 0.00905.